The Bertz CT molecular complexity index is 100. The molecule has 0 saturated carbocycles. The lowest BCUT2D eigenvalue weighted by Gasteiger charge is -1.65. The first-order valence-corrected chi connectivity index (χ1v) is 3.18. The van der Waals surface area contributed by atoms with Gasteiger partial charge < -0.3 is 11.1 Å². The van der Waals surface area contributed by atoms with Crippen LogP contribution in [0.1, 0.15) is 6.92 Å². The lowest BCUT2D eigenvalue weighted by molar-refractivity contribution is -0.113. The van der Waals surface area contributed by atoms with Gasteiger partial charge in [0.15, 0.2) is 0 Å². The number of primary amides is 1. The molecule has 1 amide bonds. The second-order valence-corrected chi connectivity index (χ2v) is 1.51. The van der Waals surface area contributed by atoms with Crippen molar-refractivity contribution in [2.24, 2.45) is 5.73 Å². The fraction of sp³-hybridized carbons (Fsp3) is 0.375. The van der Waals surface area contributed by atoms with E-state index in [-0.39, 0.29) is 0 Å². The summed E-state index contributed by atoms with van der Waals surface area (Å²) in [5, 5.41) is 2.75. The highest BCUT2D eigenvalue weighted by molar-refractivity contribution is 5.84. The Morgan fingerprint density at radius 1 is 1.45 bits per heavy atom. The number of amides is 1. The second-order valence-electron chi connectivity index (χ2n) is 1.51. The molecule has 0 atom stereocenters. The van der Waals surface area contributed by atoms with Crippen molar-refractivity contribution in [2.75, 3.05) is 14.1 Å². The van der Waals surface area contributed by atoms with Crippen LogP contribution < -0.4 is 11.1 Å². The minimum absolute atomic E-state index is 0.481. The summed E-state index contributed by atoms with van der Waals surface area (Å²) in [4.78, 5) is 9.47. The Morgan fingerprint density at radius 3 is 1.55 bits per heavy atom. The zero-order valence-corrected chi connectivity index (χ0v) is 7.55. The predicted octanol–water partition coefficient (Wildman–Crippen LogP) is 0.686. The monoisotopic (exact) mass is 158 g/mol. The molecule has 0 radical (unpaired) electrons. The minimum atomic E-state index is -0.481. The average Bonchev–Trinajstić information content (AvgIpc) is 1.91. The highest BCUT2D eigenvalue weighted by Crippen LogP contribution is 1.48. The molecule has 0 saturated heterocycles. The maximum atomic E-state index is 9.47. The molecule has 0 heterocycles. The number of nitrogens with one attached hydrogen (secondary N) is 1. The minimum Gasteiger partial charge on any atom is -0.366 e. The molecule has 66 valence electrons. The summed E-state index contributed by atoms with van der Waals surface area (Å²) < 4.78 is 0. The van der Waals surface area contributed by atoms with Crippen LogP contribution in [0.2, 0.25) is 0 Å². The van der Waals surface area contributed by atoms with Crippen molar-refractivity contribution >= 4 is 5.91 Å². The molecule has 3 nitrogen and oxygen atoms in total. The van der Waals surface area contributed by atoms with Crippen LogP contribution in [0.4, 0.5) is 0 Å². The highest BCUT2D eigenvalue weighted by atomic mass is 16.1. The van der Waals surface area contributed by atoms with Crippen LogP contribution in [0, 0.1) is 0 Å². The normalized spacial score (nSPS) is 5.73. The summed E-state index contributed by atoms with van der Waals surface area (Å²) in [7, 11) is 3.75. The topological polar surface area (TPSA) is 55.1 Å². The SMILES string of the molecule is C=CC.C=CC(N)=O.CNC. The molecule has 0 bridgehead atoms. The first-order chi connectivity index (χ1) is 5.10. The zero-order valence-electron chi connectivity index (χ0n) is 7.55. The van der Waals surface area contributed by atoms with E-state index in [9.17, 15) is 4.79 Å². The van der Waals surface area contributed by atoms with Crippen LogP contribution in [0.3, 0.4) is 0 Å². The highest BCUT2D eigenvalue weighted by Gasteiger charge is 1.69. The average molecular weight is 158 g/mol. The molecular weight excluding hydrogens is 140 g/mol. The van der Waals surface area contributed by atoms with Crippen molar-refractivity contribution in [1.82, 2.24) is 5.32 Å². The van der Waals surface area contributed by atoms with Crippen LogP contribution in [0.5, 0.6) is 0 Å². The van der Waals surface area contributed by atoms with Gasteiger partial charge in [-0.1, -0.05) is 12.7 Å². The van der Waals surface area contributed by atoms with E-state index in [1.807, 2.05) is 21.0 Å². The Morgan fingerprint density at radius 2 is 1.55 bits per heavy atom. The lowest BCUT2D eigenvalue weighted by Crippen LogP contribution is -2.04. The van der Waals surface area contributed by atoms with E-state index in [1.54, 1.807) is 6.08 Å². The van der Waals surface area contributed by atoms with Gasteiger partial charge in [-0.05, 0) is 27.1 Å². The molecule has 0 aromatic carbocycles. The Labute approximate surface area is 69.0 Å². The number of carbonyl (C=O) groups excluding carboxylic acids is 1. The quantitative estimate of drug-likeness (QED) is 0.435. The fourth-order valence-electron chi connectivity index (χ4n) is 0. The third-order valence-electron chi connectivity index (χ3n) is 0.201. The predicted molar refractivity (Wildman–Crippen MR) is 50.2 cm³/mol. The van der Waals surface area contributed by atoms with Gasteiger partial charge in [-0.25, -0.2) is 0 Å². The lowest BCUT2D eigenvalue weighted by atomic mass is 10.6. The van der Waals surface area contributed by atoms with Gasteiger partial charge in [0, 0.05) is 0 Å². The van der Waals surface area contributed by atoms with Crippen LogP contribution >= 0.6 is 0 Å². The molecule has 0 rings (SSSR count). The summed E-state index contributed by atoms with van der Waals surface area (Å²) in [5.41, 5.74) is 4.53. The fourth-order valence-corrected chi connectivity index (χ4v) is 0. The molecule has 3 N–H and O–H groups in total. The van der Waals surface area contributed by atoms with Crippen molar-refractivity contribution in [3.05, 3.63) is 25.3 Å². The largest absolute Gasteiger partial charge is 0.366 e. The summed E-state index contributed by atoms with van der Waals surface area (Å²) in [5.74, 6) is -0.481. The maximum absolute atomic E-state index is 9.47. The van der Waals surface area contributed by atoms with Crippen molar-refractivity contribution < 1.29 is 4.79 Å². The van der Waals surface area contributed by atoms with Crippen LogP contribution in [-0.2, 0) is 4.79 Å². The van der Waals surface area contributed by atoms with Crippen molar-refractivity contribution in [2.45, 2.75) is 6.92 Å². The van der Waals surface area contributed by atoms with Gasteiger partial charge >= 0.3 is 0 Å². The van der Waals surface area contributed by atoms with E-state index in [0.717, 1.165) is 6.08 Å². The third-order valence-corrected chi connectivity index (χ3v) is 0.201. The molecule has 0 fully saturated rings. The zero-order chi connectivity index (χ0) is 9.70. The van der Waals surface area contributed by atoms with Gasteiger partial charge in [-0.15, -0.1) is 6.58 Å². The number of hydrogen-bond donors (Lipinski definition) is 2. The Kier molecular flexibility index (Phi) is 34.6. The molecule has 0 aromatic heterocycles. The number of rotatable bonds is 1. The van der Waals surface area contributed by atoms with E-state index >= 15 is 0 Å². The molecule has 3 heteroatoms. The molecule has 0 aromatic rings. The molecule has 0 spiro atoms. The summed E-state index contributed by atoms with van der Waals surface area (Å²) in [6.45, 7) is 8.34. The van der Waals surface area contributed by atoms with Gasteiger partial charge in [0.2, 0.25) is 5.91 Å². The standard InChI is InChI=1S/C3H5NO.C3H6.C2H7N/c1-2-3(4)5;2*1-3-2/h2H,1H2,(H2,4,5);3H,1H2,2H3;3H,1-2H3. The molecule has 0 unspecified atom stereocenters. The molecule has 0 aliphatic rings. The number of hydrogen-bond acceptors (Lipinski definition) is 2. The number of nitrogens with two attached hydrogens (primary N) is 1. The second kappa shape index (κ2) is 23.1. The van der Waals surface area contributed by atoms with Gasteiger partial charge in [-0.3, -0.25) is 4.79 Å². The summed E-state index contributed by atoms with van der Waals surface area (Å²) in [6.07, 6.45) is 2.81. The first-order valence-electron chi connectivity index (χ1n) is 3.18. The molecular formula is C8H18N2O. The molecule has 0 aliphatic carbocycles. The van der Waals surface area contributed by atoms with Crippen LogP contribution in [0.15, 0.2) is 25.3 Å². The van der Waals surface area contributed by atoms with E-state index in [4.69, 9.17) is 0 Å². The Hall–Kier alpha value is -1.09. The third kappa shape index (κ3) is 514. The van der Waals surface area contributed by atoms with Gasteiger partial charge in [0.05, 0.1) is 0 Å². The van der Waals surface area contributed by atoms with E-state index in [2.05, 4.69) is 24.2 Å². The van der Waals surface area contributed by atoms with Gasteiger partial charge in [0.25, 0.3) is 0 Å². The molecule has 0 aliphatic heterocycles. The van der Waals surface area contributed by atoms with Crippen molar-refractivity contribution in [3.63, 3.8) is 0 Å². The smallest absolute Gasteiger partial charge is 0.240 e. The number of carbonyl (C=O) groups is 1. The molecule has 11 heavy (non-hydrogen) atoms. The van der Waals surface area contributed by atoms with Crippen LogP contribution in [0.25, 0.3) is 0 Å². The van der Waals surface area contributed by atoms with Gasteiger partial charge in [0.1, 0.15) is 0 Å². The van der Waals surface area contributed by atoms with Gasteiger partial charge in [-0.2, -0.15) is 0 Å². The van der Waals surface area contributed by atoms with Crippen LogP contribution in [-0.4, -0.2) is 20.0 Å². The van der Waals surface area contributed by atoms with E-state index < -0.39 is 5.91 Å². The van der Waals surface area contributed by atoms with Crippen molar-refractivity contribution in [1.29, 1.82) is 0 Å². The first kappa shape index (κ1) is 16.5. The maximum Gasteiger partial charge on any atom is 0.240 e. The van der Waals surface area contributed by atoms with E-state index in [1.165, 1.54) is 0 Å². The Balaban J connectivity index is -0.0000000933. The number of allylic oxidation sites excluding steroid dienone is 1. The van der Waals surface area contributed by atoms with E-state index in [0.29, 0.717) is 0 Å². The summed E-state index contributed by atoms with van der Waals surface area (Å²) in [6, 6.07) is 0. The van der Waals surface area contributed by atoms with Crippen molar-refractivity contribution in [3.8, 4) is 0 Å². The summed E-state index contributed by atoms with van der Waals surface area (Å²) >= 11 is 0.